The molecule has 2 aliphatic heterocycles. The highest BCUT2D eigenvalue weighted by atomic mass is 16.5. The largest absolute Gasteiger partial charge is 0.469 e. The Bertz CT molecular complexity index is 1760. The van der Waals surface area contributed by atoms with Crippen LogP contribution in [0.2, 0.25) is 0 Å². The van der Waals surface area contributed by atoms with Crippen LogP contribution in [-0.2, 0) is 27.2 Å². The van der Waals surface area contributed by atoms with Crippen LogP contribution in [0.15, 0.2) is 46.3 Å². The standard InChI is InChI=1S/C34H36N4O6/c1-7-19-16(3)25(38-34(19)43)12-24-17(4)21(9-10-30(42)44-6)32(36-24)22-11-29(41)31-18(5)26(37-33(22)31)13-27-20(8-2)23(14-39)28(15-40)35-27/h7,12,14-15,17,21,35,37H,1,8-11,13H2,2-6H3,(H,38,43)/b25-12-,32-22-/t17-,21-/m0/s1. The van der Waals surface area contributed by atoms with Crippen molar-refractivity contribution in [1.29, 1.82) is 0 Å². The molecule has 3 N–H and O–H groups in total. The molecule has 10 heteroatoms. The lowest BCUT2D eigenvalue weighted by Gasteiger charge is -2.18. The number of nitrogens with zero attached hydrogens (tertiary/aromatic N) is 1. The van der Waals surface area contributed by atoms with Crippen molar-refractivity contribution in [2.24, 2.45) is 16.8 Å². The Morgan fingerprint density at radius 2 is 1.89 bits per heavy atom. The maximum Gasteiger partial charge on any atom is 0.305 e. The minimum absolute atomic E-state index is 0.0225. The van der Waals surface area contributed by atoms with Gasteiger partial charge in [0.15, 0.2) is 18.4 Å². The number of aliphatic imine (C=N–C) groups is 1. The number of rotatable bonds is 10. The van der Waals surface area contributed by atoms with Crippen LogP contribution in [0.25, 0.3) is 5.57 Å². The Balaban J connectivity index is 1.60. The Morgan fingerprint density at radius 3 is 2.50 bits per heavy atom. The average molecular weight is 597 g/mol. The highest BCUT2D eigenvalue weighted by molar-refractivity contribution is 6.14. The number of carbonyl (C=O) groups is 5. The van der Waals surface area contributed by atoms with Gasteiger partial charge in [-0.3, -0.25) is 29.0 Å². The van der Waals surface area contributed by atoms with Gasteiger partial charge < -0.3 is 20.0 Å². The van der Waals surface area contributed by atoms with Gasteiger partial charge in [0.2, 0.25) is 0 Å². The zero-order chi connectivity index (χ0) is 31.9. The predicted octanol–water partition coefficient (Wildman–Crippen LogP) is 4.90. The van der Waals surface area contributed by atoms with E-state index in [0.717, 1.165) is 45.1 Å². The summed E-state index contributed by atoms with van der Waals surface area (Å²) in [5, 5.41) is 2.89. The van der Waals surface area contributed by atoms with Gasteiger partial charge in [0.1, 0.15) is 0 Å². The quantitative estimate of drug-likeness (QED) is 0.262. The number of esters is 1. The fourth-order valence-electron chi connectivity index (χ4n) is 6.66. The SMILES string of the molecule is C=CC1=C(C)/C(=C/C2=NC(=C3/CC(=O)c4c3[nH]c(Cc3[nH]c(C=O)c(C=O)c3CC)c4C)/[C@@H](CCC(=O)OC)[C@@H]2C)NC1=O. The topological polar surface area (TPSA) is 151 Å². The molecule has 0 spiro atoms. The van der Waals surface area contributed by atoms with Crippen molar-refractivity contribution < 1.29 is 28.7 Å². The van der Waals surface area contributed by atoms with Crippen LogP contribution in [0.4, 0.5) is 0 Å². The molecule has 10 nitrogen and oxygen atoms in total. The smallest absolute Gasteiger partial charge is 0.305 e. The molecule has 228 valence electrons. The number of allylic oxidation sites excluding steroid dienone is 4. The van der Waals surface area contributed by atoms with Gasteiger partial charge in [-0.05, 0) is 49.5 Å². The third-order valence-electron chi connectivity index (χ3n) is 9.14. The number of nitrogens with one attached hydrogen (secondary N) is 3. The van der Waals surface area contributed by atoms with Gasteiger partial charge in [-0.15, -0.1) is 0 Å². The lowest BCUT2D eigenvalue weighted by atomic mass is 9.84. The minimum atomic E-state index is -0.325. The molecule has 2 aromatic heterocycles. The van der Waals surface area contributed by atoms with E-state index in [9.17, 15) is 24.0 Å². The van der Waals surface area contributed by atoms with E-state index >= 15 is 0 Å². The molecule has 0 saturated carbocycles. The molecule has 2 atom stereocenters. The number of aromatic amines is 2. The number of hydrogen-bond acceptors (Lipinski definition) is 7. The molecule has 0 aromatic carbocycles. The lowest BCUT2D eigenvalue weighted by molar-refractivity contribution is -0.140. The van der Waals surface area contributed by atoms with E-state index < -0.39 is 0 Å². The van der Waals surface area contributed by atoms with E-state index in [0.29, 0.717) is 59.9 Å². The summed E-state index contributed by atoms with van der Waals surface area (Å²) in [5.41, 5.74) is 9.28. The third-order valence-corrected chi connectivity index (χ3v) is 9.14. The third kappa shape index (κ3) is 5.04. The Labute approximate surface area is 255 Å². The van der Waals surface area contributed by atoms with Crippen molar-refractivity contribution in [2.75, 3.05) is 7.11 Å². The molecule has 4 heterocycles. The van der Waals surface area contributed by atoms with Crippen molar-refractivity contribution in [3.63, 3.8) is 0 Å². The van der Waals surface area contributed by atoms with Crippen LogP contribution in [0, 0.1) is 18.8 Å². The number of hydrogen-bond donors (Lipinski definition) is 3. The molecule has 2 aromatic rings. The summed E-state index contributed by atoms with van der Waals surface area (Å²) in [6, 6.07) is 0. The summed E-state index contributed by atoms with van der Waals surface area (Å²) >= 11 is 0. The maximum atomic E-state index is 13.5. The van der Waals surface area contributed by atoms with E-state index in [1.54, 1.807) is 0 Å². The van der Waals surface area contributed by atoms with Gasteiger partial charge in [-0.25, -0.2) is 0 Å². The zero-order valence-electron chi connectivity index (χ0n) is 25.6. The predicted molar refractivity (Wildman–Crippen MR) is 166 cm³/mol. The number of ether oxygens (including phenoxy) is 1. The van der Waals surface area contributed by atoms with E-state index in [2.05, 4.69) is 21.9 Å². The molecule has 0 radical (unpaired) electrons. The van der Waals surface area contributed by atoms with E-state index in [1.165, 1.54) is 13.2 Å². The first-order chi connectivity index (χ1) is 21.1. The number of fused-ring (bicyclic) bond motifs is 1. The summed E-state index contributed by atoms with van der Waals surface area (Å²) in [4.78, 5) is 72.9. The van der Waals surface area contributed by atoms with Crippen LogP contribution in [0.5, 0.6) is 0 Å². The Hall–Kier alpha value is -4.86. The fraction of sp³-hybridized carbons (Fsp3) is 0.353. The fourth-order valence-corrected chi connectivity index (χ4v) is 6.66. The molecule has 44 heavy (non-hydrogen) atoms. The van der Waals surface area contributed by atoms with Crippen LogP contribution < -0.4 is 5.32 Å². The highest BCUT2D eigenvalue weighted by Crippen LogP contribution is 2.45. The van der Waals surface area contributed by atoms with Gasteiger partial charge in [-0.1, -0.05) is 26.5 Å². The maximum absolute atomic E-state index is 13.5. The molecule has 0 fully saturated rings. The number of Topliss-reactive ketones (excluding diaryl/α,β-unsaturated/α-hetero) is 1. The number of carbonyl (C=O) groups excluding carboxylic acids is 5. The van der Waals surface area contributed by atoms with Crippen molar-refractivity contribution in [2.45, 2.75) is 59.8 Å². The molecule has 3 aliphatic rings. The second-order valence-corrected chi connectivity index (χ2v) is 11.4. The monoisotopic (exact) mass is 596 g/mol. The number of aldehydes is 2. The van der Waals surface area contributed by atoms with Crippen LogP contribution in [0.1, 0.15) is 99.4 Å². The Morgan fingerprint density at radius 1 is 1.14 bits per heavy atom. The Kier molecular flexibility index (Phi) is 8.36. The summed E-state index contributed by atoms with van der Waals surface area (Å²) in [6.45, 7) is 11.4. The molecule has 5 rings (SSSR count). The number of amides is 1. The van der Waals surface area contributed by atoms with Crippen LogP contribution in [-0.4, -0.2) is 53.0 Å². The molecule has 0 saturated heterocycles. The van der Waals surface area contributed by atoms with Crippen molar-refractivity contribution in [3.05, 3.63) is 86.3 Å². The summed E-state index contributed by atoms with van der Waals surface area (Å²) in [7, 11) is 1.36. The summed E-state index contributed by atoms with van der Waals surface area (Å²) in [5.74, 6) is -0.830. The van der Waals surface area contributed by atoms with E-state index in [1.807, 2.05) is 33.8 Å². The first-order valence-electron chi connectivity index (χ1n) is 14.7. The second kappa shape index (κ2) is 12.0. The van der Waals surface area contributed by atoms with Gasteiger partial charge in [-0.2, -0.15) is 0 Å². The van der Waals surface area contributed by atoms with Crippen molar-refractivity contribution in [3.8, 4) is 0 Å². The molecular formula is C34H36N4O6. The second-order valence-electron chi connectivity index (χ2n) is 11.4. The highest BCUT2D eigenvalue weighted by Gasteiger charge is 2.39. The van der Waals surface area contributed by atoms with Gasteiger partial charge in [0, 0.05) is 76.2 Å². The van der Waals surface area contributed by atoms with E-state index in [-0.39, 0.29) is 48.0 Å². The van der Waals surface area contributed by atoms with Crippen LogP contribution >= 0.6 is 0 Å². The van der Waals surface area contributed by atoms with Crippen molar-refractivity contribution >= 4 is 41.5 Å². The number of aromatic nitrogens is 2. The number of methoxy groups -OCH3 is 1. The van der Waals surface area contributed by atoms with Gasteiger partial charge in [0.25, 0.3) is 5.91 Å². The van der Waals surface area contributed by atoms with Crippen molar-refractivity contribution in [1.82, 2.24) is 15.3 Å². The number of ketones is 1. The van der Waals surface area contributed by atoms with E-state index in [4.69, 9.17) is 9.73 Å². The lowest BCUT2D eigenvalue weighted by Crippen LogP contribution is -2.19. The molecule has 0 unspecified atom stereocenters. The summed E-state index contributed by atoms with van der Waals surface area (Å²) in [6.07, 6.45) is 6.53. The van der Waals surface area contributed by atoms with Gasteiger partial charge in [0.05, 0.1) is 24.2 Å². The molecule has 0 bridgehead atoms. The number of H-pyrrole nitrogens is 2. The van der Waals surface area contributed by atoms with Crippen LogP contribution in [0.3, 0.4) is 0 Å². The molecule has 1 aliphatic carbocycles. The molecular weight excluding hydrogens is 560 g/mol. The molecule has 1 amide bonds. The normalized spacial score (nSPS) is 22.0. The summed E-state index contributed by atoms with van der Waals surface area (Å²) < 4.78 is 4.91. The first kappa shape index (κ1) is 30.6. The first-order valence-corrected chi connectivity index (χ1v) is 14.7. The minimum Gasteiger partial charge on any atom is -0.469 e. The zero-order valence-corrected chi connectivity index (χ0v) is 25.6. The van der Waals surface area contributed by atoms with Gasteiger partial charge >= 0.3 is 5.97 Å². The average Bonchev–Trinajstić information content (AvgIpc) is 3.77.